The number of aryl methyl sites for hydroxylation is 1. The number of rotatable bonds is 2. The van der Waals surface area contributed by atoms with E-state index in [-0.39, 0.29) is 0 Å². The van der Waals surface area contributed by atoms with Crippen molar-refractivity contribution in [1.82, 2.24) is 5.32 Å². The van der Waals surface area contributed by atoms with Gasteiger partial charge in [0.25, 0.3) is 0 Å². The fourth-order valence-electron chi connectivity index (χ4n) is 1.81. The van der Waals surface area contributed by atoms with Gasteiger partial charge in [0, 0.05) is 0 Å². The van der Waals surface area contributed by atoms with Crippen LogP contribution in [-0.2, 0) is 10.3 Å². The Labute approximate surface area is 94.1 Å². The number of carboxylic acids is 1. The Morgan fingerprint density at radius 3 is 2.75 bits per heavy atom. The molecule has 1 aromatic rings. The molecule has 1 heterocycles. The van der Waals surface area contributed by atoms with Crippen molar-refractivity contribution in [3.8, 4) is 0 Å². The molecule has 1 aliphatic rings. The molecule has 0 aromatic heterocycles. The van der Waals surface area contributed by atoms with Crippen molar-refractivity contribution in [1.29, 1.82) is 0 Å². The summed E-state index contributed by atoms with van der Waals surface area (Å²) in [5.41, 5.74) is 0.643. The first-order valence-electron chi connectivity index (χ1n) is 5.08. The lowest BCUT2D eigenvalue weighted by Crippen LogP contribution is -2.46. The second kappa shape index (κ2) is 3.85. The molecule has 0 saturated heterocycles. The van der Waals surface area contributed by atoms with Gasteiger partial charge in [-0.3, -0.25) is 0 Å². The number of carbonyl (C=O) groups is 1. The zero-order valence-electron chi connectivity index (χ0n) is 8.97. The molecule has 16 heavy (non-hydrogen) atoms. The normalized spacial score (nSPS) is 22.8. The van der Waals surface area contributed by atoms with E-state index in [2.05, 4.69) is 5.32 Å². The highest BCUT2D eigenvalue weighted by atomic mass is 16.4. The molecule has 0 saturated carbocycles. The van der Waals surface area contributed by atoms with Gasteiger partial charge in [0.15, 0.2) is 5.54 Å². The smallest absolute Gasteiger partial charge is 0.338 e. The zero-order valence-corrected chi connectivity index (χ0v) is 8.97. The molecular formula is C13H13NO2. The third-order valence-corrected chi connectivity index (χ3v) is 2.68. The van der Waals surface area contributed by atoms with E-state index in [0.29, 0.717) is 0 Å². The molecule has 1 atom stereocenters. The molecule has 3 nitrogen and oxygen atoms in total. The summed E-state index contributed by atoms with van der Waals surface area (Å²) < 4.78 is 0. The largest absolute Gasteiger partial charge is 0.479 e. The van der Waals surface area contributed by atoms with Gasteiger partial charge in [-0.2, -0.15) is 0 Å². The Morgan fingerprint density at radius 1 is 1.38 bits per heavy atom. The van der Waals surface area contributed by atoms with Crippen molar-refractivity contribution in [3.63, 3.8) is 0 Å². The van der Waals surface area contributed by atoms with Crippen LogP contribution in [0.25, 0.3) is 0 Å². The van der Waals surface area contributed by atoms with Crippen LogP contribution in [-0.4, -0.2) is 11.1 Å². The highest BCUT2D eigenvalue weighted by molar-refractivity contribution is 5.84. The number of hydrogen-bond donors (Lipinski definition) is 2. The average Bonchev–Trinajstić information content (AvgIpc) is 2.30. The predicted octanol–water partition coefficient (Wildman–Crippen LogP) is 1.95. The Morgan fingerprint density at radius 2 is 2.19 bits per heavy atom. The van der Waals surface area contributed by atoms with Crippen LogP contribution < -0.4 is 5.32 Å². The van der Waals surface area contributed by atoms with Gasteiger partial charge in [-0.1, -0.05) is 35.9 Å². The summed E-state index contributed by atoms with van der Waals surface area (Å²) in [4.78, 5) is 11.4. The molecular weight excluding hydrogens is 202 g/mol. The summed E-state index contributed by atoms with van der Waals surface area (Å²) in [6.07, 6.45) is 6.82. The van der Waals surface area contributed by atoms with E-state index >= 15 is 0 Å². The van der Waals surface area contributed by atoms with Crippen LogP contribution in [0.5, 0.6) is 0 Å². The Kier molecular flexibility index (Phi) is 2.52. The summed E-state index contributed by atoms with van der Waals surface area (Å²) in [5.74, 6) is -0.904. The monoisotopic (exact) mass is 215 g/mol. The number of allylic oxidation sites excluding steroid dienone is 2. The minimum Gasteiger partial charge on any atom is -0.479 e. The summed E-state index contributed by atoms with van der Waals surface area (Å²) in [5, 5.41) is 12.3. The van der Waals surface area contributed by atoms with Crippen LogP contribution in [0.2, 0.25) is 0 Å². The van der Waals surface area contributed by atoms with Gasteiger partial charge in [0.05, 0.1) is 0 Å². The molecule has 0 radical (unpaired) electrons. The van der Waals surface area contributed by atoms with E-state index in [1.165, 1.54) is 0 Å². The van der Waals surface area contributed by atoms with Crippen molar-refractivity contribution in [2.24, 2.45) is 0 Å². The average molecular weight is 215 g/mol. The van der Waals surface area contributed by atoms with E-state index in [9.17, 15) is 9.90 Å². The van der Waals surface area contributed by atoms with Crippen molar-refractivity contribution in [2.75, 3.05) is 0 Å². The Bertz CT molecular complexity index is 477. The zero-order chi connectivity index (χ0) is 11.6. The summed E-state index contributed by atoms with van der Waals surface area (Å²) in [6.45, 7) is 1.95. The lowest BCUT2D eigenvalue weighted by Gasteiger charge is -2.29. The van der Waals surface area contributed by atoms with Gasteiger partial charge < -0.3 is 10.4 Å². The topological polar surface area (TPSA) is 49.3 Å². The van der Waals surface area contributed by atoms with E-state index in [4.69, 9.17) is 0 Å². The van der Waals surface area contributed by atoms with Crippen LogP contribution in [0.15, 0.2) is 48.7 Å². The van der Waals surface area contributed by atoms with Crippen molar-refractivity contribution < 1.29 is 9.90 Å². The maximum atomic E-state index is 11.4. The van der Waals surface area contributed by atoms with Crippen LogP contribution in [0.1, 0.15) is 11.1 Å². The maximum absolute atomic E-state index is 11.4. The van der Waals surface area contributed by atoms with Gasteiger partial charge in [-0.15, -0.1) is 0 Å². The third kappa shape index (κ3) is 1.60. The van der Waals surface area contributed by atoms with Crippen LogP contribution >= 0.6 is 0 Å². The molecule has 0 aliphatic carbocycles. The van der Waals surface area contributed by atoms with Crippen LogP contribution in [0.4, 0.5) is 0 Å². The number of benzene rings is 1. The first-order chi connectivity index (χ1) is 7.65. The minimum absolute atomic E-state index is 0.737. The van der Waals surface area contributed by atoms with Gasteiger partial charge in [0.1, 0.15) is 0 Å². The lowest BCUT2D eigenvalue weighted by atomic mass is 9.87. The van der Waals surface area contributed by atoms with E-state index in [1.54, 1.807) is 24.4 Å². The molecule has 0 fully saturated rings. The first kappa shape index (κ1) is 10.5. The number of nitrogens with one attached hydrogen (secondary N) is 1. The molecule has 0 bridgehead atoms. The summed E-state index contributed by atoms with van der Waals surface area (Å²) >= 11 is 0. The standard InChI is InChI=1S/C13H13NO2/c1-10-5-4-6-11(9-10)13(12(15)16)7-2-3-8-14-13/h2-9,14H,1H3,(H,15,16). The highest BCUT2D eigenvalue weighted by Crippen LogP contribution is 2.26. The molecule has 2 rings (SSSR count). The van der Waals surface area contributed by atoms with E-state index < -0.39 is 11.5 Å². The molecule has 1 aliphatic heterocycles. The lowest BCUT2D eigenvalue weighted by molar-refractivity contribution is -0.142. The number of dihydropyridines is 1. The van der Waals surface area contributed by atoms with Gasteiger partial charge in [-0.05, 0) is 30.8 Å². The number of hydrogen-bond acceptors (Lipinski definition) is 2. The minimum atomic E-state index is -1.14. The van der Waals surface area contributed by atoms with E-state index in [0.717, 1.165) is 11.1 Å². The van der Waals surface area contributed by atoms with Gasteiger partial charge in [-0.25, -0.2) is 4.79 Å². The highest BCUT2D eigenvalue weighted by Gasteiger charge is 2.37. The van der Waals surface area contributed by atoms with Crippen LogP contribution in [0, 0.1) is 6.92 Å². The Balaban J connectivity index is 2.52. The Hall–Kier alpha value is -2.03. The van der Waals surface area contributed by atoms with Gasteiger partial charge >= 0.3 is 5.97 Å². The van der Waals surface area contributed by atoms with Gasteiger partial charge in [0.2, 0.25) is 0 Å². The summed E-state index contributed by atoms with van der Waals surface area (Å²) in [6, 6.07) is 7.51. The molecule has 1 aromatic carbocycles. The fraction of sp³-hybridized carbons (Fsp3) is 0.154. The van der Waals surface area contributed by atoms with E-state index in [1.807, 2.05) is 31.2 Å². The van der Waals surface area contributed by atoms with Crippen molar-refractivity contribution >= 4 is 5.97 Å². The number of aliphatic carboxylic acids is 1. The quantitative estimate of drug-likeness (QED) is 0.792. The third-order valence-electron chi connectivity index (χ3n) is 2.68. The van der Waals surface area contributed by atoms with Crippen molar-refractivity contribution in [3.05, 3.63) is 59.8 Å². The second-order valence-electron chi connectivity index (χ2n) is 3.85. The SMILES string of the molecule is Cc1cccc(C2(C(=O)O)C=CC=CN2)c1. The molecule has 82 valence electrons. The van der Waals surface area contributed by atoms with Crippen LogP contribution in [0.3, 0.4) is 0 Å². The maximum Gasteiger partial charge on any atom is 0.338 e. The number of carboxylic acid groups (broad SMARTS) is 1. The second-order valence-corrected chi connectivity index (χ2v) is 3.85. The predicted molar refractivity (Wildman–Crippen MR) is 61.9 cm³/mol. The summed E-state index contributed by atoms with van der Waals surface area (Å²) in [7, 11) is 0. The molecule has 0 amide bonds. The fourth-order valence-corrected chi connectivity index (χ4v) is 1.81. The van der Waals surface area contributed by atoms with Crippen molar-refractivity contribution in [2.45, 2.75) is 12.5 Å². The molecule has 0 spiro atoms. The molecule has 2 N–H and O–H groups in total. The molecule has 1 unspecified atom stereocenters. The molecule has 3 heteroatoms. The first-order valence-corrected chi connectivity index (χ1v) is 5.08.